The number of carbonyl (C=O) groups is 2. The summed E-state index contributed by atoms with van der Waals surface area (Å²) in [6.07, 6.45) is 0. The van der Waals surface area contributed by atoms with Gasteiger partial charge in [0.05, 0.1) is 14.2 Å². The van der Waals surface area contributed by atoms with Gasteiger partial charge in [0, 0.05) is 11.5 Å². The predicted molar refractivity (Wildman–Crippen MR) is 60.6 cm³/mol. The zero-order valence-electron chi connectivity index (χ0n) is 8.37. The zero-order chi connectivity index (χ0) is 11.8. The lowest BCUT2D eigenvalue weighted by Gasteiger charge is -2.09. The Balaban J connectivity index is 3.70. The highest BCUT2D eigenvalue weighted by molar-refractivity contribution is 7.99. The molecule has 4 nitrogen and oxygen atoms in total. The van der Waals surface area contributed by atoms with Crippen molar-refractivity contribution in [3.8, 4) is 0 Å². The van der Waals surface area contributed by atoms with Crippen molar-refractivity contribution in [3.63, 3.8) is 0 Å². The van der Waals surface area contributed by atoms with E-state index in [-0.39, 0.29) is 0 Å². The number of halogens is 2. The molecule has 0 aromatic heterocycles. The van der Waals surface area contributed by atoms with Crippen molar-refractivity contribution in [2.24, 2.45) is 0 Å². The van der Waals surface area contributed by atoms with Gasteiger partial charge in [0.2, 0.25) is 0 Å². The molecular weight excluding hydrogens is 263 g/mol. The molecule has 15 heavy (non-hydrogen) atoms. The number of carbonyl (C=O) groups excluding carboxylic acids is 2. The third-order valence-corrected chi connectivity index (χ3v) is 3.61. The van der Waals surface area contributed by atoms with Crippen LogP contribution in [0.2, 0.25) is 0 Å². The highest BCUT2D eigenvalue weighted by Gasteiger charge is 2.19. The van der Waals surface area contributed by atoms with Crippen LogP contribution in [-0.4, -0.2) is 48.4 Å². The van der Waals surface area contributed by atoms with Gasteiger partial charge in [-0.25, -0.2) is 0 Å². The van der Waals surface area contributed by atoms with Crippen LogP contribution in [0.25, 0.3) is 0 Å². The van der Waals surface area contributed by atoms with Crippen LogP contribution in [0.4, 0.5) is 0 Å². The summed E-state index contributed by atoms with van der Waals surface area (Å²) in [6, 6.07) is 0. The molecule has 0 saturated heterocycles. The molecule has 0 aromatic carbocycles. The number of ether oxygens (including phenoxy) is 2. The maximum absolute atomic E-state index is 10.9. The van der Waals surface area contributed by atoms with Crippen molar-refractivity contribution in [1.29, 1.82) is 0 Å². The van der Waals surface area contributed by atoms with E-state index in [1.807, 2.05) is 0 Å². The van der Waals surface area contributed by atoms with Gasteiger partial charge >= 0.3 is 11.9 Å². The Morgan fingerprint density at radius 1 is 1.07 bits per heavy atom. The van der Waals surface area contributed by atoms with Crippen molar-refractivity contribution in [3.05, 3.63) is 0 Å². The summed E-state index contributed by atoms with van der Waals surface area (Å²) in [5.41, 5.74) is 0. The molecule has 0 spiro atoms. The quantitative estimate of drug-likeness (QED) is 0.540. The van der Waals surface area contributed by atoms with Crippen LogP contribution in [0.15, 0.2) is 0 Å². The van der Waals surface area contributed by atoms with Gasteiger partial charge in [-0.3, -0.25) is 9.59 Å². The van der Waals surface area contributed by atoms with Crippen LogP contribution >= 0.6 is 35.0 Å². The van der Waals surface area contributed by atoms with Gasteiger partial charge in [0.25, 0.3) is 0 Å². The highest BCUT2D eigenvalue weighted by Crippen LogP contribution is 2.14. The molecule has 0 fully saturated rings. The Morgan fingerprint density at radius 3 is 1.67 bits per heavy atom. The number of thioether (sulfide) groups is 1. The minimum atomic E-state index is -0.721. The van der Waals surface area contributed by atoms with Crippen LogP contribution < -0.4 is 0 Å². The minimum Gasteiger partial charge on any atom is -0.468 e. The van der Waals surface area contributed by atoms with Gasteiger partial charge in [-0.15, -0.1) is 23.2 Å². The van der Waals surface area contributed by atoms with E-state index in [9.17, 15) is 9.59 Å². The van der Waals surface area contributed by atoms with E-state index in [0.29, 0.717) is 11.5 Å². The molecular formula is C8H12Cl2O4S. The Bertz CT molecular complexity index is 203. The van der Waals surface area contributed by atoms with Crippen LogP contribution in [0.1, 0.15) is 0 Å². The molecule has 0 heterocycles. The van der Waals surface area contributed by atoms with E-state index in [0.717, 1.165) is 0 Å². The first-order valence-corrected chi connectivity index (χ1v) is 6.07. The predicted octanol–water partition coefficient (Wildman–Crippen LogP) is 1.28. The summed E-state index contributed by atoms with van der Waals surface area (Å²) in [5, 5.41) is -1.44. The summed E-state index contributed by atoms with van der Waals surface area (Å²) in [7, 11) is 2.53. The molecule has 0 rings (SSSR count). The summed E-state index contributed by atoms with van der Waals surface area (Å²) < 4.78 is 8.86. The van der Waals surface area contributed by atoms with E-state index >= 15 is 0 Å². The van der Waals surface area contributed by atoms with Crippen molar-refractivity contribution in [2.45, 2.75) is 10.8 Å². The average molecular weight is 275 g/mol. The summed E-state index contributed by atoms with van der Waals surface area (Å²) >= 11 is 12.6. The molecule has 0 saturated carbocycles. The molecule has 0 aromatic rings. The van der Waals surface area contributed by atoms with Gasteiger partial charge in [0.1, 0.15) is 10.8 Å². The number of hydrogen-bond acceptors (Lipinski definition) is 5. The fraction of sp³-hybridized carbons (Fsp3) is 0.750. The van der Waals surface area contributed by atoms with Crippen LogP contribution in [0.5, 0.6) is 0 Å². The molecule has 0 amide bonds. The van der Waals surface area contributed by atoms with E-state index < -0.39 is 22.7 Å². The lowest BCUT2D eigenvalue weighted by Crippen LogP contribution is -2.22. The largest absolute Gasteiger partial charge is 0.468 e. The zero-order valence-corrected chi connectivity index (χ0v) is 10.7. The van der Waals surface area contributed by atoms with Crippen LogP contribution in [-0.2, 0) is 19.1 Å². The lowest BCUT2D eigenvalue weighted by molar-refractivity contribution is -0.140. The van der Waals surface area contributed by atoms with Crippen molar-refractivity contribution < 1.29 is 19.1 Å². The third-order valence-electron chi connectivity index (χ3n) is 1.44. The Kier molecular flexibility index (Phi) is 8.00. The fourth-order valence-corrected chi connectivity index (χ4v) is 2.20. The first kappa shape index (κ1) is 14.9. The van der Waals surface area contributed by atoms with Gasteiger partial charge in [-0.1, -0.05) is 0 Å². The van der Waals surface area contributed by atoms with E-state index in [1.165, 1.54) is 26.0 Å². The molecule has 0 unspecified atom stereocenters. The van der Waals surface area contributed by atoms with Crippen LogP contribution in [0, 0.1) is 0 Å². The normalized spacial score (nSPS) is 14.1. The van der Waals surface area contributed by atoms with Crippen LogP contribution in [0.3, 0.4) is 0 Å². The Hall–Kier alpha value is -0.130. The molecule has 0 bridgehead atoms. The number of alkyl halides is 2. The second kappa shape index (κ2) is 8.07. The molecule has 2 atom stereocenters. The maximum atomic E-state index is 10.9. The van der Waals surface area contributed by atoms with Gasteiger partial charge in [-0.2, -0.15) is 11.8 Å². The maximum Gasteiger partial charge on any atom is 0.324 e. The minimum absolute atomic E-state index is 0.342. The second-order valence-corrected chi connectivity index (χ2v) is 4.65. The van der Waals surface area contributed by atoms with Crippen molar-refractivity contribution >= 4 is 46.9 Å². The lowest BCUT2D eigenvalue weighted by atomic mass is 10.5. The monoisotopic (exact) mass is 274 g/mol. The van der Waals surface area contributed by atoms with E-state index in [2.05, 4.69) is 9.47 Å². The first-order valence-electron chi connectivity index (χ1n) is 4.04. The number of rotatable bonds is 6. The molecule has 88 valence electrons. The topological polar surface area (TPSA) is 52.6 Å². The standard InChI is InChI=1S/C8H12Cl2O4S/c1-13-7(11)5(9)3-15-4-6(10)8(12)14-2/h5-6H,3-4H2,1-2H3/t5-,6-/m0/s1. The SMILES string of the molecule is COC(=O)[C@@H](Cl)CSC[C@H](Cl)C(=O)OC. The summed E-state index contributed by atoms with van der Waals surface area (Å²) in [4.78, 5) is 21.8. The Morgan fingerprint density at radius 2 is 1.40 bits per heavy atom. The number of methoxy groups -OCH3 is 2. The molecule has 0 aliphatic rings. The van der Waals surface area contributed by atoms with Crippen molar-refractivity contribution in [2.75, 3.05) is 25.7 Å². The molecule has 0 aliphatic heterocycles. The molecule has 0 aliphatic carbocycles. The summed E-state index contributed by atoms with van der Waals surface area (Å²) in [5.74, 6) is -0.301. The Labute approximate surface area is 103 Å². The highest BCUT2D eigenvalue weighted by atomic mass is 35.5. The first-order chi connectivity index (χ1) is 7.02. The molecule has 0 radical (unpaired) electrons. The number of esters is 2. The van der Waals surface area contributed by atoms with Crippen molar-refractivity contribution in [1.82, 2.24) is 0 Å². The molecule has 7 heteroatoms. The van der Waals surface area contributed by atoms with Gasteiger partial charge in [0.15, 0.2) is 0 Å². The smallest absolute Gasteiger partial charge is 0.324 e. The summed E-state index contributed by atoms with van der Waals surface area (Å²) in [6.45, 7) is 0. The average Bonchev–Trinajstić information content (AvgIpc) is 2.26. The molecule has 0 N–H and O–H groups in total. The van der Waals surface area contributed by atoms with Gasteiger partial charge < -0.3 is 9.47 Å². The van der Waals surface area contributed by atoms with Gasteiger partial charge in [-0.05, 0) is 0 Å². The van der Waals surface area contributed by atoms with E-state index in [4.69, 9.17) is 23.2 Å². The fourth-order valence-electron chi connectivity index (χ4n) is 0.667. The van der Waals surface area contributed by atoms with E-state index in [1.54, 1.807) is 0 Å². The number of hydrogen-bond donors (Lipinski definition) is 0. The third kappa shape index (κ3) is 6.12. The second-order valence-electron chi connectivity index (χ2n) is 2.52.